The largest absolute Gasteiger partial charge is 0.271 e. The first-order valence-corrected chi connectivity index (χ1v) is 5.77. The minimum absolute atomic E-state index is 0.00578. The van der Waals surface area contributed by atoms with Gasteiger partial charge in [0.15, 0.2) is 0 Å². The Morgan fingerprint density at radius 3 is 2.88 bits per heavy atom. The van der Waals surface area contributed by atoms with Crippen LogP contribution in [0.25, 0.3) is 0 Å². The van der Waals surface area contributed by atoms with E-state index in [0.717, 1.165) is 0 Å². The van der Waals surface area contributed by atoms with Crippen molar-refractivity contribution in [3.8, 4) is 0 Å². The quantitative estimate of drug-likeness (QED) is 0.458. The minimum atomic E-state index is -0.612. The van der Waals surface area contributed by atoms with Crippen molar-refractivity contribution in [3.63, 3.8) is 0 Å². The lowest BCUT2D eigenvalue weighted by molar-refractivity contribution is 0.552. The molecule has 0 amide bonds. The lowest BCUT2D eigenvalue weighted by Crippen LogP contribution is -2.30. The summed E-state index contributed by atoms with van der Waals surface area (Å²) in [7, 11) is 0. The summed E-state index contributed by atoms with van der Waals surface area (Å²) in [6.45, 7) is 0. The third-order valence-corrected chi connectivity index (χ3v) is 3.53. The second-order valence-corrected chi connectivity index (χ2v) is 4.49. The summed E-state index contributed by atoms with van der Waals surface area (Å²) in [5.41, 5.74) is 3.25. The molecule has 2 rings (SSSR count). The Bertz CT molecular complexity index is 518. The molecule has 0 radical (unpaired) electrons. The molecule has 0 fully saturated rings. The SMILES string of the molecule is NNC(c1cn[nH]n1)c1ccc(Br)c(Cl)c1F. The number of nitrogens with one attached hydrogen (secondary N) is 2. The highest BCUT2D eigenvalue weighted by Crippen LogP contribution is 2.31. The smallest absolute Gasteiger partial charge is 0.148 e. The number of halogens is 3. The van der Waals surface area contributed by atoms with Gasteiger partial charge in [0.1, 0.15) is 11.5 Å². The second-order valence-electron chi connectivity index (χ2n) is 3.26. The van der Waals surface area contributed by atoms with Gasteiger partial charge in [0.05, 0.1) is 17.3 Å². The zero-order chi connectivity index (χ0) is 12.4. The van der Waals surface area contributed by atoms with Gasteiger partial charge in [0.2, 0.25) is 0 Å². The molecule has 5 nitrogen and oxygen atoms in total. The number of benzene rings is 1. The Labute approximate surface area is 110 Å². The number of nitrogens with zero attached hydrogens (tertiary/aromatic N) is 2. The van der Waals surface area contributed by atoms with Crippen LogP contribution in [0.2, 0.25) is 5.02 Å². The predicted molar refractivity (Wildman–Crippen MR) is 64.7 cm³/mol. The van der Waals surface area contributed by atoms with Crippen molar-refractivity contribution in [1.29, 1.82) is 0 Å². The van der Waals surface area contributed by atoms with Crippen molar-refractivity contribution in [2.45, 2.75) is 6.04 Å². The first-order chi connectivity index (χ1) is 8.15. The number of H-pyrrole nitrogens is 1. The molecule has 0 saturated heterocycles. The number of aromatic amines is 1. The average Bonchev–Trinajstić information content (AvgIpc) is 2.84. The van der Waals surface area contributed by atoms with E-state index in [1.165, 1.54) is 6.20 Å². The van der Waals surface area contributed by atoms with E-state index in [0.29, 0.717) is 15.7 Å². The van der Waals surface area contributed by atoms with E-state index in [2.05, 4.69) is 36.8 Å². The average molecular weight is 321 g/mol. The summed E-state index contributed by atoms with van der Waals surface area (Å²) < 4.78 is 14.5. The summed E-state index contributed by atoms with van der Waals surface area (Å²) in [5, 5.41) is 9.95. The van der Waals surface area contributed by atoms with Crippen LogP contribution in [0.3, 0.4) is 0 Å². The monoisotopic (exact) mass is 319 g/mol. The number of rotatable bonds is 3. The third-order valence-electron chi connectivity index (χ3n) is 2.27. The molecule has 1 atom stereocenters. The van der Waals surface area contributed by atoms with Gasteiger partial charge in [-0.05, 0) is 22.0 Å². The molecule has 90 valence electrons. The normalized spacial score (nSPS) is 12.7. The Hall–Kier alpha value is -1.02. The standard InChI is InChI=1S/C9H8BrClFN5/c10-5-2-1-4(8(12)7(5)11)9(15-13)6-3-14-17-16-6/h1-3,9,15H,13H2,(H,14,16,17). The van der Waals surface area contributed by atoms with Gasteiger partial charge in [0, 0.05) is 10.0 Å². The predicted octanol–water partition coefficient (Wildman–Crippen LogP) is 1.91. The van der Waals surface area contributed by atoms with Crippen LogP contribution in [0, 0.1) is 5.82 Å². The zero-order valence-corrected chi connectivity index (χ0v) is 10.8. The number of hydrogen-bond donors (Lipinski definition) is 3. The van der Waals surface area contributed by atoms with Gasteiger partial charge in [-0.25, -0.2) is 9.82 Å². The summed E-state index contributed by atoms with van der Waals surface area (Å²) in [6.07, 6.45) is 1.46. The number of hydrogen-bond acceptors (Lipinski definition) is 4. The number of aromatic nitrogens is 3. The van der Waals surface area contributed by atoms with E-state index in [4.69, 9.17) is 17.4 Å². The number of hydrazine groups is 1. The first-order valence-electron chi connectivity index (χ1n) is 4.60. The molecule has 1 unspecified atom stereocenters. The molecule has 17 heavy (non-hydrogen) atoms. The summed E-state index contributed by atoms with van der Waals surface area (Å²) in [5.74, 6) is 4.85. The molecule has 1 aromatic carbocycles. The van der Waals surface area contributed by atoms with Crippen molar-refractivity contribution in [1.82, 2.24) is 20.8 Å². The van der Waals surface area contributed by atoms with E-state index in [1.54, 1.807) is 12.1 Å². The van der Waals surface area contributed by atoms with E-state index in [-0.39, 0.29) is 5.02 Å². The van der Waals surface area contributed by atoms with Crippen LogP contribution in [-0.4, -0.2) is 15.4 Å². The fourth-order valence-corrected chi connectivity index (χ4v) is 1.93. The molecule has 0 spiro atoms. The molecule has 0 aliphatic heterocycles. The minimum Gasteiger partial charge on any atom is -0.271 e. The van der Waals surface area contributed by atoms with Crippen molar-refractivity contribution in [2.75, 3.05) is 0 Å². The van der Waals surface area contributed by atoms with Crippen LogP contribution < -0.4 is 11.3 Å². The Kier molecular flexibility index (Phi) is 3.72. The zero-order valence-electron chi connectivity index (χ0n) is 8.42. The van der Waals surface area contributed by atoms with Crippen molar-refractivity contribution in [3.05, 3.63) is 44.9 Å². The lowest BCUT2D eigenvalue weighted by Gasteiger charge is -2.15. The van der Waals surface area contributed by atoms with E-state index in [9.17, 15) is 4.39 Å². The van der Waals surface area contributed by atoms with Crippen molar-refractivity contribution >= 4 is 27.5 Å². The highest BCUT2D eigenvalue weighted by atomic mass is 79.9. The topological polar surface area (TPSA) is 79.6 Å². The van der Waals surface area contributed by atoms with E-state index in [1.807, 2.05) is 0 Å². The molecular weight excluding hydrogens is 312 g/mol. The van der Waals surface area contributed by atoms with Gasteiger partial charge < -0.3 is 0 Å². The van der Waals surface area contributed by atoms with Gasteiger partial charge in [-0.3, -0.25) is 5.84 Å². The Morgan fingerprint density at radius 1 is 1.53 bits per heavy atom. The van der Waals surface area contributed by atoms with Crippen LogP contribution >= 0.6 is 27.5 Å². The molecule has 2 aromatic rings. The van der Waals surface area contributed by atoms with Gasteiger partial charge >= 0.3 is 0 Å². The number of nitrogens with two attached hydrogens (primary N) is 1. The van der Waals surface area contributed by atoms with Crippen molar-refractivity contribution < 1.29 is 4.39 Å². The molecule has 0 bridgehead atoms. The van der Waals surface area contributed by atoms with Crippen LogP contribution in [0.4, 0.5) is 4.39 Å². The summed E-state index contributed by atoms with van der Waals surface area (Å²) in [4.78, 5) is 0. The van der Waals surface area contributed by atoms with Gasteiger partial charge in [-0.2, -0.15) is 15.4 Å². The van der Waals surface area contributed by atoms with Crippen LogP contribution in [-0.2, 0) is 0 Å². The molecule has 0 saturated carbocycles. The van der Waals surface area contributed by atoms with E-state index >= 15 is 0 Å². The molecule has 4 N–H and O–H groups in total. The molecular formula is C9H8BrClFN5. The third kappa shape index (κ3) is 2.32. The molecule has 0 aliphatic carbocycles. The molecule has 0 aliphatic rings. The maximum atomic E-state index is 14.0. The fourth-order valence-electron chi connectivity index (χ4n) is 1.45. The van der Waals surface area contributed by atoms with Crippen molar-refractivity contribution in [2.24, 2.45) is 5.84 Å². The molecule has 1 aromatic heterocycles. The summed E-state index contributed by atoms with van der Waals surface area (Å²) in [6, 6.07) is 2.61. The maximum absolute atomic E-state index is 14.0. The van der Waals surface area contributed by atoms with Gasteiger partial charge in [-0.1, -0.05) is 17.7 Å². The fraction of sp³-hybridized carbons (Fsp3) is 0.111. The van der Waals surface area contributed by atoms with Gasteiger partial charge in [0.25, 0.3) is 0 Å². The molecule has 8 heteroatoms. The lowest BCUT2D eigenvalue weighted by atomic mass is 10.0. The van der Waals surface area contributed by atoms with Crippen LogP contribution in [0.5, 0.6) is 0 Å². The highest BCUT2D eigenvalue weighted by Gasteiger charge is 2.21. The maximum Gasteiger partial charge on any atom is 0.148 e. The summed E-state index contributed by atoms with van der Waals surface area (Å²) >= 11 is 8.95. The molecule has 1 heterocycles. The Morgan fingerprint density at radius 2 is 2.29 bits per heavy atom. The van der Waals surface area contributed by atoms with Crippen LogP contribution in [0.1, 0.15) is 17.3 Å². The second kappa shape index (κ2) is 5.09. The van der Waals surface area contributed by atoms with Gasteiger partial charge in [-0.15, -0.1) is 0 Å². The Balaban J connectivity index is 2.49. The first kappa shape index (κ1) is 12.4. The van der Waals surface area contributed by atoms with E-state index < -0.39 is 11.9 Å². The highest BCUT2D eigenvalue weighted by molar-refractivity contribution is 9.10. The van der Waals surface area contributed by atoms with Crippen LogP contribution in [0.15, 0.2) is 22.8 Å².